The van der Waals surface area contributed by atoms with Crippen LogP contribution in [0, 0.1) is 6.92 Å². The predicted octanol–water partition coefficient (Wildman–Crippen LogP) is 2.59. The fourth-order valence-corrected chi connectivity index (χ4v) is 2.89. The molecule has 0 atom stereocenters. The summed E-state index contributed by atoms with van der Waals surface area (Å²) in [4.78, 5) is 2.50. The SMILES string of the molecule is CNC1CCC(N(C)CCc2ccc(C)o2)CC1. The Kier molecular flexibility index (Phi) is 4.84. The van der Waals surface area contributed by atoms with Crippen LogP contribution in [0.25, 0.3) is 0 Å². The molecule has 1 fully saturated rings. The van der Waals surface area contributed by atoms with Crippen molar-refractivity contribution in [2.45, 2.75) is 51.1 Å². The monoisotopic (exact) mass is 250 g/mol. The molecule has 0 amide bonds. The molecule has 2 rings (SSSR count). The maximum atomic E-state index is 5.62. The van der Waals surface area contributed by atoms with Crippen LogP contribution in [0.3, 0.4) is 0 Å². The van der Waals surface area contributed by atoms with E-state index in [9.17, 15) is 0 Å². The number of nitrogens with one attached hydrogen (secondary N) is 1. The van der Waals surface area contributed by atoms with Gasteiger partial charge in [-0.2, -0.15) is 0 Å². The summed E-state index contributed by atoms with van der Waals surface area (Å²) in [6, 6.07) is 5.64. The molecule has 1 N–H and O–H groups in total. The maximum absolute atomic E-state index is 5.62. The molecular weight excluding hydrogens is 224 g/mol. The van der Waals surface area contributed by atoms with E-state index in [0.717, 1.165) is 36.6 Å². The summed E-state index contributed by atoms with van der Waals surface area (Å²) in [5, 5.41) is 3.39. The molecule has 1 heterocycles. The third kappa shape index (κ3) is 3.59. The van der Waals surface area contributed by atoms with Crippen molar-refractivity contribution in [2.75, 3.05) is 20.6 Å². The zero-order valence-corrected chi connectivity index (χ0v) is 11.9. The summed E-state index contributed by atoms with van der Waals surface area (Å²) in [5.74, 6) is 2.13. The number of hydrogen-bond donors (Lipinski definition) is 1. The first-order valence-electron chi connectivity index (χ1n) is 7.12. The van der Waals surface area contributed by atoms with E-state index in [0.29, 0.717) is 0 Å². The Balaban J connectivity index is 1.73. The molecular formula is C15H26N2O. The van der Waals surface area contributed by atoms with E-state index in [2.05, 4.69) is 30.4 Å². The Hall–Kier alpha value is -0.800. The molecule has 1 aromatic rings. The molecule has 1 aliphatic rings. The van der Waals surface area contributed by atoms with Gasteiger partial charge in [-0.3, -0.25) is 0 Å². The third-order valence-electron chi connectivity index (χ3n) is 4.24. The van der Waals surface area contributed by atoms with Gasteiger partial charge in [0.1, 0.15) is 11.5 Å². The molecule has 18 heavy (non-hydrogen) atoms. The van der Waals surface area contributed by atoms with Crippen molar-refractivity contribution < 1.29 is 4.42 Å². The molecule has 1 saturated carbocycles. The van der Waals surface area contributed by atoms with Gasteiger partial charge in [0.2, 0.25) is 0 Å². The van der Waals surface area contributed by atoms with Crippen LogP contribution in [0.4, 0.5) is 0 Å². The van der Waals surface area contributed by atoms with E-state index < -0.39 is 0 Å². The molecule has 0 bridgehead atoms. The summed E-state index contributed by atoms with van der Waals surface area (Å²) in [5.41, 5.74) is 0. The van der Waals surface area contributed by atoms with Crippen LogP contribution < -0.4 is 5.32 Å². The highest BCUT2D eigenvalue weighted by molar-refractivity contribution is 5.05. The standard InChI is InChI=1S/C15H26N2O/c1-12-4-9-15(18-12)10-11-17(3)14-7-5-13(16-2)6-8-14/h4,9,13-14,16H,5-8,10-11H2,1-3H3. The largest absolute Gasteiger partial charge is 0.466 e. The van der Waals surface area contributed by atoms with Crippen molar-refractivity contribution in [3.8, 4) is 0 Å². The summed E-state index contributed by atoms with van der Waals surface area (Å²) < 4.78 is 5.62. The molecule has 3 heteroatoms. The first-order chi connectivity index (χ1) is 8.69. The first-order valence-corrected chi connectivity index (χ1v) is 7.12. The molecule has 3 nitrogen and oxygen atoms in total. The molecule has 0 aliphatic heterocycles. The van der Waals surface area contributed by atoms with Crippen molar-refractivity contribution in [1.29, 1.82) is 0 Å². The zero-order valence-electron chi connectivity index (χ0n) is 11.9. The smallest absolute Gasteiger partial charge is 0.105 e. The minimum atomic E-state index is 0.738. The van der Waals surface area contributed by atoms with Gasteiger partial charge < -0.3 is 14.6 Å². The van der Waals surface area contributed by atoms with Gasteiger partial charge in [-0.25, -0.2) is 0 Å². The van der Waals surface area contributed by atoms with E-state index in [1.807, 2.05) is 13.0 Å². The van der Waals surface area contributed by atoms with Crippen LogP contribution in [-0.2, 0) is 6.42 Å². The molecule has 0 unspecified atom stereocenters. The highest BCUT2D eigenvalue weighted by Gasteiger charge is 2.22. The lowest BCUT2D eigenvalue weighted by atomic mass is 9.90. The molecule has 0 saturated heterocycles. The van der Waals surface area contributed by atoms with E-state index in [4.69, 9.17) is 4.42 Å². The predicted molar refractivity (Wildman–Crippen MR) is 74.9 cm³/mol. The quantitative estimate of drug-likeness (QED) is 0.870. The summed E-state index contributed by atoms with van der Waals surface area (Å²) in [6.07, 6.45) is 6.28. The van der Waals surface area contributed by atoms with E-state index >= 15 is 0 Å². The Morgan fingerprint density at radius 3 is 2.56 bits per heavy atom. The lowest BCUT2D eigenvalue weighted by Crippen LogP contribution is -2.40. The number of hydrogen-bond acceptors (Lipinski definition) is 3. The second-order valence-electron chi connectivity index (χ2n) is 5.54. The van der Waals surface area contributed by atoms with Gasteiger partial charge in [0.05, 0.1) is 0 Å². The van der Waals surface area contributed by atoms with Crippen molar-refractivity contribution in [2.24, 2.45) is 0 Å². The fraction of sp³-hybridized carbons (Fsp3) is 0.733. The fourth-order valence-electron chi connectivity index (χ4n) is 2.89. The number of likely N-dealkylation sites (N-methyl/N-ethyl adjacent to an activating group) is 1. The maximum Gasteiger partial charge on any atom is 0.105 e. The molecule has 1 aromatic heterocycles. The van der Waals surface area contributed by atoms with Gasteiger partial charge in [0, 0.05) is 25.0 Å². The Morgan fingerprint density at radius 2 is 2.00 bits per heavy atom. The second kappa shape index (κ2) is 6.39. The van der Waals surface area contributed by atoms with Crippen molar-refractivity contribution >= 4 is 0 Å². The molecule has 102 valence electrons. The van der Waals surface area contributed by atoms with Gasteiger partial charge >= 0.3 is 0 Å². The Labute approximate surface area is 111 Å². The van der Waals surface area contributed by atoms with E-state index in [1.165, 1.54) is 25.7 Å². The third-order valence-corrected chi connectivity index (χ3v) is 4.24. The average molecular weight is 250 g/mol. The van der Waals surface area contributed by atoms with E-state index in [-0.39, 0.29) is 0 Å². The van der Waals surface area contributed by atoms with Crippen LogP contribution in [0.5, 0.6) is 0 Å². The van der Waals surface area contributed by atoms with E-state index in [1.54, 1.807) is 0 Å². The first kappa shape index (κ1) is 13.6. The molecule has 0 aromatic carbocycles. The number of nitrogens with zero attached hydrogens (tertiary/aromatic N) is 1. The highest BCUT2D eigenvalue weighted by Crippen LogP contribution is 2.22. The van der Waals surface area contributed by atoms with Crippen LogP contribution in [0.2, 0.25) is 0 Å². The average Bonchev–Trinajstić information content (AvgIpc) is 2.82. The van der Waals surface area contributed by atoms with Gasteiger partial charge in [-0.1, -0.05) is 0 Å². The molecule has 1 aliphatic carbocycles. The number of aryl methyl sites for hydroxylation is 1. The Bertz CT molecular complexity index is 353. The number of furan rings is 1. The minimum absolute atomic E-state index is 0.738. The van der Waals surface area contributed by atoms with Gasteiger partial charge in [0.15, 0.2) is 0 Å². The molecule has 0 radical (unpaired) electrons. The minimum Gasteiger partial charge on any atom is -0.466 e. The number of rotatable bonds is 5. The van der Waals surface area contributed by atoms with Crippen molar-refractivity contribution in [3.05, 3.63) is 23.7 Å². The second-order valence-corrected chi connectivity index (χ2v) is 5.54. The van der Waals surface area contributed by atoms with Crippen molar-refractivity contribution in [1.82, 2.24) is 10.2 Å². The van der Waals surface area contributed by atoms with Crippen LogP contribution in [0.15, 0.2) is 16.5 Å². The van der Waals surface area contributed by atoms with Gasteiger partial charge in [-0.05, 0) is 58.8 Å². The summed E-state index contributed by atoms with van der Waals surface area (Å²) in [6.45, 7) is 3.11. The normalized spacial score (nSPS) is 24.7. The van der Waals surface area contributed by atoms with Crippen LogP contribution >= 0.6 is 0 Å². The van der Waals surface area contributed by atoms with Gasteiger partial charge in [0.25, 0.3) is 0 Å². The Morgan fingerprint density at radius 1 is 1.28 bits per heavy atom. The van der Waals surface area contributed by atoms with Crippen molar-refractivity contribution in [3.63, 3.8) is 0 Å². The lowest BCUT2D eigenvalue weighted by molar-refractivity contribution is 0.175. The lowest BCUT2D eigenvalue weighted by Gasteiger charge is -2.34. The summed E-state index contributed by atoms with van der Waals surface area (Å²) in [7, 11) is 4.33. The summed E-state index contributed by atoms with van der Waals surface area (Å²) >= 11 is 0. The topological polar surface area (TPSA) is 28.4 Å². The zero-order chi connectivity index (χ0) is 13.0. The van der Waals surface area contributed by atoms with Gasteiger partial charge in [-0.15, -0.1) is 0 Å². The van der Waals surface area contributed by atoms with Crippen LogP contribution in [-0.4, -0.2) is 37.6 Å². The highest BCUT2D eigenvalue weighted by atomic mass is 16.3. The van der Waals surface area contributed by atoms with Crippen LogP contribution in [0.1, 0.15) is 37.2 Å². The molecule has 0 spiro atoms.